The Morgan fingerprint density at radius 2 is 1.83 bits per heavy atom. The Morgan fingerprint density at radius 3 is 2.50 bits per heavy atom. The number of benzene rings is 2. The van der Waals surface area contributed by atoms with Crippen LogP contribution >= 0.6 is 11.6 Å². The van der Waals surface area contributed by atoms with Crippen molar-refractivity contribution in [2.45, 2.75) is 20.0 Å². The summed E-state index contributed by atoms with van der Waals surface area (Å²) in [7, 11) is 0. The molecule has 0 unspecified atom stereocenters. The van der Waals surface area contributed by atoms with Crippen LogP contribution in [0.1, 0.15) is 18.3 Å². The predicted octanol–water partition coefficient (Wildman–Crippen LogP) is 3.99. The van der Waals surface area contributed by atoms with Gasteiger partial charge in [-0.05, 0) is 29.8 Å². The van der Waals surface area contributed by atoms with Crippen molar-refractivity contribution in [2.24, 2.45) is 0 Å². The van der Waals surface area contributed by atoms with Crippen molar-refractivity contribution in [1.82, 2.24) is 15.0 Å². The molecule has 3 rings (SSSR count). The first-order chi connectivity index (χ1) is 11.7. The molecular formula is C18H17ClN4O. The van der Waals surface area contributed by atoms with Crippen molar-refractivity contribution < 1.29 is 5.11 Å². The van der Waals surface area contributed by atoms with E-state index in [0.29, 0.717) is 29.0 Å². The SMILES string of the molecule is CCc1nc(Nc2ccc(CO)cc2)nc(-c2cccc(Cl)c2)n1. The first kappa shape index (κ1) is 16.4. The van der Waals surface area contributed by atoms with E-state index >= 15 is 0 Å². The van der Waals surface area contributed by atoms with Gasteiger partial charge in [-0.2, -0.15) is 9.97 Å². The van der Waals surface area contributed by atoms with Crippen LogP contribution in [-0.2, 0) is 13.0 Å². The number of hydrogen-bond donors (Lipinski definition) is 2. The van der Waals surface area contributed by atoms with Gasteiger partial charge in [-0.15, -0.1) is 0 Å². The molecular weight excluding hydrogens is 324 g/mol. The maximum atomic E-state index is 9.11. The number of halogens is 1. The van der Waals surface area contributed by atoms with E-state index in [4.69, 9.17) is 16.7 Å². The van der Waals surface area contributed by atoms with Crippen LogP contribution in [0.5, 0.6) is 0 Å². The molecule has 0 fully saturated rings. The van der Waals surface area contributed by atoms with Crippen molar-refractivity contribution in [3.8, 4) is 11.4 Å². The van der Waals surface area contributed by atoms with E-state index in [1.807, 2.05) is 55.5 Å². The van der Waals surface area contributed by atoms with E-state index in [1.165, 1.54) is 0 Å². The molecule has 0 bridgehead atoms. The van der Waals surface area contributed by atoms with E-state index in [2.05, 4.69) is 20.3 Å². The van der Waals surface area contributed by atoms with Crippen LogP contribution < -0.4 is 5.32 Å². The molecule has 0 aliphatic heterocycles. The average molecular weight is 341 g/mol. The van der Waals surface area contributed by atoms with Gasteiger partial charge in [0.05, 0.1) is 6.61 Å². The third-order valence-corrected chi connectivity index (χ3v) is 3.71. The molecule has 5 nitrogen and oxygen atoms in total. The molecule has 1 aromatic heterocycles. The molecule has 122 valence electrons. The van der Waals surface area contributed by atoms with Gasteiger partial charge >= 0.3 is 0 Å². The Balaban J connectivity index is 1.93. The number of aliphatic hydroxyl groups is 1. The summed E-state index contributed by atoms with van der Waals surface area (Å²) in [5, 5.41) is 12.9. The Labute approximate surface area is 145 Å². The summed E-state index contributed by atoms with van der Waals surface area (Å²) in [6, 6.07) is 14.9. The molecule has 6 heteroatoms. The predicted molar refractivity (Wildman–Crippen MR) is 95.3 cm³/mol. The van der Waals surface area contributed by atoms with E-state index in [0.717, 1.165) is 16.8 Å². The van der Waals surface area contributed by atoms with E-state index in [9.17, 15) is 0 Å². The molecule has 0 aliphatic rings. The molecule has 3 aromatic rings. The van der Waals surface area contributed by atoms with Gasteiger partial charge in [-0.25, -0.2) is 4.98 Å². The minimum absolute atomic E-state index is 0.0188. The van der Waals surface area contributed by atoms with Crippen LogP contribution in [0.4, 0.5) is 11.6 Å². The van der Waals surface area contributed by atoms with Crippen LogP contribution in [0.3, 0.4) is 0 Å². The highest BCUT2D eigenvalue weighted by Gasteiger charge is 2.08. The first-order valence-electron chi connectivity index (χ1n) is 7.65. The lowest BCUT2D eigenvalue weighted by Gasteiger charge is -2.09. The summed E-state index contributed by atoms with van der Waals surface area (Å²) in [6.07, 6.45) is 0.703. The number of anilines is 2. The van der Waals surface area contributed by atoms with Gasteiger partial charge in [0.25, 0.3) is 0 Å². The summed E-state index contributed by atoms with van der Waals surface area (Å²) in [5.41, 5.74) is 2.54. The van der Waals surface area contributed by atoms with Crippen LogP contribution in [0.15, 0.2) is 48.5 Å². The van der Waals surface area contributed by atoms with Gasteiger partial charge in [0, 0.05) is 22.7 Å². The second-order valence-corrected chi connectivity index (χ2v) is 5.68. The van der Waals surface area contributed by atoms with Crippen molar-refractivity contribution in [1.29, 1.82) is 0 Å². The van der Waals surface area contributed by atoms with Gasteiger partial charge in [0.1, 0.15) is 5.82 Å². The topological polar surface area (TPSA) is 70.9 Å². The maximum absolute atomic E-state index is 9.11. The average Bonchev–Trinajstić information content (AvgIpc) is 2.62. The minimum Gasteiger partial charge on any atom is -0.392 e. The van der Waals surface area contributed by atoms with E-state index < -0.39 is 0 Å². The highest BCUT2D eigenvalue weighted by molar-refractivity contribution is 6.30. The molecule has 1 heterocycles. The lowest BCUT2D eigenvalue weighted by molar-refractivity contribution is 0.282. The zero-order chi connectivity index (χ0) is 16.9. The Morgan fingerprint density at radius 1 is 1.04 bits per heavy atom. The molecule has 24 heavy (non-hydrogen) atoms. The molecule has 0 spiro atoms. The van der Waals surface area contributed by atoms with Crippen molar-refractivity contribution >= 4 is 23.2 Å². The van der Waals surface area contributed by atoms with Crippen molar-refractivity contribution in [3.63, 3.8) is 0 Å². The van der Waals surface area contributed by atoms with Crippen LogP contribution in [0.2, 0.25) is 5.02 Å². The summed E-state index contributed by atoms with van der Waals surface area (Å²) in [5.74, 6) is 1.77. The Kier molecular flexibility index (Phi) is 5.03. The van der Waals surface area contributed by atoms with Crippen LogP contribution in [0, 0.1) is 0 Å². The number of nitrogens with zero attached hydrogens (tertiary/aromatic N) is 3. The van der Waals surface area contributed by atoms with Gasteiger partial charge in [0.15, 0.2) is 5.82 Å². The maximum Gasteiger partial charge on any atom is 0.231 e. The van der Waals surface area contributed by atoms with Gasteiger partial charge in [0.2, 0.25) is 5.95 Å². The van der Waals surface area contributed by atoms with Crippen LogP contribution in [0.25, 0.3) is 11.4 Å². The summed E-state index contributed by atoms with van der Waals surface area (Å²) in [4.78, 5) is 13.4. The zero-order valence-corrected chi connectivity index (χ0v) is 14.0. The fourth-order valence-electron chi connectivity index (χ4n) is 2.21. The highest BCUT2D eigenvalue weighted by atomic mass is 35.5. The third-order valence-electron chi connectivity index (χ3n) is 3.47. The lowest BCUT2D eigenvalue weighted by atomic mass is 10.2. The molecule has 0 saturated heterocycles. The zero-order valence-electron chi connectivity index (χ0n) is 13.2. The number of hydrogen-bond acceptors (Lipinski definition) is 5. The van der Waals surface area contributed by atoms with Gasteiger partial charge in [-0.1, -0.05) is 42.8 Å². The van der Waals surface area contributed by atoms with Gasteiger partial charge < -0.3 is 10.4 Å². The number of aromatic nitrogens is 3. The quantitative estimate of drug-likeness (QED) is 0.734. The third kappa shape index (κ3) is 3.88. The molecule has 0 atom stereocenters. The monoisotopic (exact) mass is 340 g/mol. The lowest BCUT2D eigenvalue weighted by Crippen LogP contribution is -2.05. The smallest absolute Gasteiger partial charge is 0.231 e. The highest BCUT2D eigenvalue weighted by Crippen LogP contribution is 2.22. The van der Waals surface area contributed by atoms with E-state index in [1.54, 1.807) is 0 Å². The van der Waals surface area contributed by atoms with E-state index in [-0.39, 0.29) is 6.61 Å². The molecule has 0 radical (unpaired) electrons. The Hall–Kier alpha value is -2.50. The minimum atomic E-state index is 0.0188. The number of aryl methyl sites for hydroxylation is 1. The second-order valence-electron chi connectivity index (χ2n) is 5.24. The number of nitrogens with one attached hydrogen (secondary N) is 1. The Bertz CT molecular complexity index is 837. The second kappa shape index (κ2) is 7.38. The number of aliphatic hydroxyl groups excluding tert-OH is 1. The molecule has 0 saturated carbocycles. The van der Waals surface area contributed by atoms with Crippen molar-refractivity contribution in [3.05, 3.63) is 64.9 Å². The number of rotatable bonds is 5. The van der Waals surface area contributed by atoms with Crippen LogP contribution in [-0.4, -0.2) is 20.1 Å². The summed E-state index contributed by atoms with van der Waals surface area (Å²) < 4.78 is 0. The van der Waals surface area contributed by atoms with Gasteiger partial charge in [-0.3, -0.25) is 0 Å². The molecule has 0 aliphatic carbocycles. The summed E-state index contributed by atoms with van der Waals surface area (Å²) in [6.45, 7) is 2.02. The standard InChI is InChI=1S/C18H17ClN4O/c1-2-16-21-17(13-4-3-5-14(19)10-13)23-18(22-16)20-15-8-6-12(11-24)7-9-15/h3-10,24H,2,11H2,1H3,(H,20,21,22,23). The molecule has 2 aromatic carbocycles. The largest absolute Gasteiger partial charge is 0.392 e. The fourth-order valence-corrected chi connectivity index (χ4v) is 2.40. The fraction of sp³-hybridized carbons (Fsp3) is 0.167. The first-order valence-corrected chi connectivity index (χ1v) is 8.03. The molecule has 2 N–H and O–H groups in total. The molecule has 0 amide bonds. The summed E-state index contributed by atoms with van der Waals surface area (Å²) >= 11 is 6.06. The van der Waals surface area contributed by atoms with Crippen molar-refractivity contribution in [2.75, 3.05) is 5.32 Å². The normalized spacial score (nSPS) is 10.6.